The van der Waals surface area contributed by atoms with Gasteiger partial charge >= 0.3 is 6.18 Å². The van der Waals surface area contributed by atoms with Crippen molar-refractivity contribution < 1.29 is 31.2 Å². The van der Waals surface area contributed by atoms with Gasteiger partial charge in [0.15, 0.2) is 5.78 Å². The number of benzene rings is 2. The standard InChI is InChI=1S/C21H21F3N2O4S/c1-15(27)17-4-8-19(9-5-17)31(29,30)26-12-10-25(11-13-26)20(28)14-16-2-6-18(7-3-16)21(22,23)24/h2-9H,10-14H2,1H3. The lowest BCUT2D eigenvalue weighted by molar-refractivity contribution is -0.137. The smallest absolute Gasteiger partial charge is 0.340 e. The molecule has 1 aliphatic heterocycles. The third-order valence-corrected chi connectivity index (χ3v) is 7.04. The van der Waals surface area contributed by atoms with Crippen LogP contribution in [0.4, 0.5) is 13.2 Å². The van der Waals surface area contributed by atoms with Gasteiger partial charge in [-0.05, 0) is 36.8 Å². The Morgan fingerprint density at radius 2 is 1.45 bits per heavy atom. The summed E-state index contributed by atoms with van der Waals surface area (Å²) in [5.74, 6) is -0.438. The summed E-state index contributed by atoms with van der Waals surface area (Å²) in [5, 5.41) is 0. The van der Waals surface area contributed by atoms with Crippen molar-refractivity contribution in [3.8, 4) is 0 Å². The van der Waals surface area contributed by atoms with Crippen molar-refractivity contribution in [1.29, 1.82) is 0 Å². The van der Waals surface area contributed by atoms with E-state index in [1.165, 1.54) is 52.5 Å². The van der Waals surface area contributed by atoms with E-state index in [-0.39, 0.29) is 49.2 Å². The Bertz CT molecular complexity index is 1060. The monoisotopic (exact) mass is 454 g/mol. The van der Waals surface area contributed by atoms with E-state index < -0.39 is 21.8 Å². The molecule has 166 valence electrons. The van der Waals surface area contributed by atoms with Crippen molar-refractivity contribution in [2.24, 2.45) is 0 Å². The first-order valence-corrected chi connectivity index (χ1v) is 11.0. The summed E-state index contributed by atoms with van der Waals surface area (Å²) in [6.45, 7) is 1.98. The molecule has 0 atom stereocenters. The number of carbonyl (C=O) groups excluding carboxylic acids is 2. The van der Waals surface area contributed by atoms with Crippen molar-refractivity contribution >= 4 is 21.7 Å². The second-order valence-electron chi connectivity index (χ2n) is 7.24. The van der Waals surface area contributed by atoms with Crippen LogP contribution in [0, 0.1) is 0 Å². The third-order valence-electron chi connectivity index (χ3n) is 5.13. The Morgan fingerprint density at radius 1 is 0.903 bits per heavy atom. The van der Waals surface area contributed by atoms with Gasteiger partial charge in [0.2, 0.25) is 15.9 Å². The Kier molecular flexibility index (Phi) is 6.51. The summed E-state index contributed by atoms with van der Waals surface area (Å²) < 4.78 is 64.8. The first-order chi connectivity index (χ1) is 14.5. The maximum absolute atomic E-state index is 12.8. The number of Topliss-reactive ketones (excluding diaryl/α,β-unsaturated/α-hetero) is 1. The van der Waals surface area contributed by atoms with Gasteiger partial charge in [-0.15, -0.1) is 0 Å². The van der Waals surface area contributed by atoms with Crippen LogP contribution in [-0.4, -0.2) is 55.5 Å². The van der Waals surface area contributed by atoms with Gasteiger partial charge in [-0.3, -0.25) is 9.59 Å². The molecule has 3 rings (SSSR count). The van der Waals surface area contributed by atoms with E-state index in [1.54, 1.807) is 0 Å². The van der Waals surface area contributed by atoms with Crippen molar-refractivity contribution in [3.05, 3.63) is 65.2 Å². The number of hydrogen-bond acceptors (Lipinski definition) is 4. The number of rotatable bonds is 5. The van der Waals surface area contributed by atoms with Crippen LogP contribution in [0.5, 0.6) is 0 Å². The number of sulfonamides is 1. The fourth-order valence-corrected chi connectivity index (χ4v) is 4.71. The minimum Gasteiger partial charge on any atom is -0.340 e. The minimum absolute atomic E-state index is 0.0581. The van der Waals surface area contributed by atoms with E-state index in [2.05, 4.69) is 0 Å². The molecule has 1 heterocycles. The second-order valence-corrected chi connectivity index (χ2v) is 9.17. The van der Waals surface area contributed by atoms with E-state index in [0.29, 0.717) is 11.1 Å². The van der Waals surface area contributed by atoms with Gasteiger partial charge in [-0.2, -0.15) is 17.5 Å². The molecule has 0 aliphatic carbocycles. The summed E-state index contributed by atoms with van der Waals surface area (Å²) in [4.78, 5) is 25.4. The van der Waals surface area contributed by atoms with Crippen LogP contribution in [0.15, 0.2) is 53.4 Å². The highest BCUT2D eigenvalue weighted by Gasteiger charge is 2.31. The number of piperazine rings is 1. The highest BCUT2D eigenvalue weighted by Crippen LogP contribution is 2.29. The Hall–Kier alpha value is -2.72. The van der Waals surface area contributed by atoms with E-state index in [0.717, 1.165) is 12.1 Å². The summed E-state index contributed by atoms with van der Waals surface area (Å²) in [6, 6.07) is 10.1. The average molecular weight is 454 g/mol. The number of nitrogens with zero attached hydrogens (tertiary/aromatic N) is 2. The molecule has 0 radical (unpaired) electrons. The lowest BCUT2D eigenvalue weighted by atomic mass is 10.1. The number of alkyl halides is 3. The van der Waals surface area contributed by atoms with E-state index in [9.17, 15) is 31.2 Å². The summed E-state index contributed by atoms with van der Waals surface area (Å²) in [7, 11) is -3.75. The van der Waals surface area contributed by atoms with Crippen molar-refractivity contribution in [2.75, 3.05) is 26.2 Å². The molecule has 1 aliphatic rings. The molecule has 0 spiro atoms. The number of ketones is 1. The van der Waals surface area contributed by atoms with E-state index in [4.69, 9.17) is 0 Å². The highest BCUT2D eigenvalue weighted by molar-refractivity contribution is 7.89. The number of halogens is 3. The number of carbonyl (C=O) groups is 2. The quantitative estimate of drug-likeness (QED) is 0.651. The van der Waals surface area contributed by atoms with Crippen molar-refractivity contribution in [2.45, 2.75) is 24.4 Å². The maximum atomic E-state index is 12.8. The lowest BCUT2D eigenvalue weighted by Gasteiger charge is -2.34. The molecule has 0 saturated carbocycles. The van der Waals surface area contributed by atoms with E-state index >= 15 is 0 Å². The Morgan fingerprint density at radius 3 is 1.94 bits per heavy atom. The molecule has 1 saturated heterocycles. The molecule has 2 aromatic rings. The van der Waals surface area contributed by atoms with Gasteiger partial charge in [-0.25, -0.2) is 8.42 Å². The highest BCUT2D eigenvalue weighted by atomic mass is 32.2. The van der Waals surface area contributed by atoms with Crippen molar-refractivity contribution in [3.63, 3.8) is 0 Å². The summed E-state index contributed by atoms with van der Waals surface area (Å²) >= 11 is 0. The SMILES string of the molecule is CC(=O)c1ccc(S(=O)(=O)N2CCN(C(=O)Cc3ccc(C(F)(F)F)cc3)CC2)cc1. The van der Waals surface area contributed by atoms with Gasteiger partial charge in [-0.1, -0.05) is 24.3 Å². The summed E-state index contributed by atoms with van der Waals surface area (Å²) in [6.07, 6.45) is -4.49. The third kappa shape index (κ3) is 5.31. The largest absolute Gasteiger partial charge is 0.416 e. The van der Waals surface area contributed by atoms with Crippen LogP contribution in [0.1, 0.15) is 28.4 Å². The van der Waals surface area contributed by atoms with Crippen LogP contribution >= 0.6 is 0 Å². The minimum atomic E-state index is -4.43. The van der Waals surface area contributed by atoms with Crippen LogP contribution in [0.25, 0.3) is 0 Å². The van der Waals surface area contributed by atoms with Crippen LogP contribution in [0.3, 0.4) is 0 Å². The summed E-state index contributed by atoms with van der Waals surface area (Å²) in [5.41, 5.74) is 0.0927. The average Bonchev–Trinajstić information content (AvgIpc) is 2.73. The maximum Gasteiger partial charge on any atom is 0.416 e. The molecular formula is C21H21F3N2O4S. The van der Waals surface area contributed by atoms with Crippen LogP contribution in [0.2, 0.25) is 0 Å². The fourth-order valence-electron chi connectivity index (χ4n) is 3.29. The normalized spacial score (nSPS) is 15.7. The van der Waals surface area contributed by atoms with Gasteiger partial charge in [0.1, 0.15) is 0 Å². The molecule has 6 nitrogen and oxygen atoms in total. The molecule has 0 unspecified atom stereocenters. The zero-order chi connectivity index (χ0) is 22.8. The molecule has 10 heteroatoms. The zero-order valence-corrected chi connectivity index (χ0v) is 17.5. The molecule has 0 N–H and O–H groups in total. The molecule has 1 fully saturated rings. The molecule has 0 aromatic heterocycles. The lowest BCUT2D eigenvalue weighted by Crippen LogP contribution is -2.50. The van der Waals surface area contributed by atoms with Gasteiger partial charge in [0, 0.05) is 31.7 Å². The van der Waals surface area contributed by atoms with Crippen LogP contribution < -0.4 is 0 Å². The Labute approximate surface area is 178 Å². The van der Waals surface area contributed by atoms with Gasteiger partial charge in [0.05, 0.1) is 16.9 Å². The molecule has 1 amide bonds. The van der Waals surface area contributed by atoms with Gasteiger partial charge < -0.3 is 4.90 Å². The molecule has 0 bridgehead atoms. The first-order valence-electron chi connectivity index (χ1n) is 9.53. The van der Waals surface area contributed by atoms with Crippen LogP contribution in [-0.2, 0) is 27.4 Å². The van der Waals surface area contributed by atoms with Crippen molar-refractivity contribution in [1.82, 2.24) is 9.21 Å². The Balaban J connectivity index is 1.59. The topological polar surface area (TPSA) is 74.8 Å². The predicted molar refractivity (Wildman–Crippen MR) is 107 cm³/mol. The predicted octanol–water partition coefficient (Wildman–Crippen LogP) is 2.98. The van der Waals surface area contributed by atoms with E-state index in [1.807, 2.05) is 0 Å². The molecule has 2 aromatic carbocycles. The number of amides is 1. The number of hydrogen-bond donors (Lipinski definition) is 0. The van der Waals surface area contributed by atoms with Gasteiger partial charge in [0.25, 0.3) is 0 Å². The molecular weight excluding hydrogens is 433 g/mol. The second kappa shape index (κ2) is 8.80. The zero-order valence-electron chi connectivity index (χ0n) is 16.7. The first kappa shape index (κ1) is 23.0. The molecule has 31 heavy (non-hydrogen) atoms. The fraction of sp³-hybridized carbons (Fsp3) is 0.333.